The molecule has 2 aromatic rings. The zero-order valence-corrected chi connectivity index (χ0v) is 12.5. The highest BCUT2D eigenvalue weighted by Gasteiger charge is 1.99. The van der Waals surface area contributed by atoms with Crippen molar-refractivity contribution in [2.24, 2.45) is 0 Å². The standard InChI is InChI=1S/C16H12Cl2FNO/c17-14-7-3-11(9-15(14)18)4-8-16(21)20-10-12-1-5-13(19)6-2-12/h1-9H,10H2,(H,20,21). The van der Waals surface area contributed by atoms with E-state index in [1.165, 1.54) is 18.2 Å². The predicted octanol–water partition coefficient (Wildman–Crippen LogP) is 4.46. The number of halogens is 3. The second kappa shape index (κ2) is 7.25. The van der Waals surface area contributed by atoms with Gasteiger partial charge in [0.05, 0.1) is 10.0 Å². The second-order valence-corrected chi connectivity index (χ2v) is 5.17. The van der Waals surface area contributed by atoms with Crippen molar-refractivity contribution in [1.29, 1.82) is 0 Å². The lowest BCUT2D eigenvalue weighted by Crippen LogP contribution is -2.20. The van der Waals surface area contributed by atoms with Crippen LogP contribution < -0.4 is 5.32 Å². The normalized spacial score (nSPS) is 10.8. The third kappa shape index (κ3) is 4.88. The summed E-state index contributed by atoms with van der Waals surface area (Å²) in [5, 5.41) is 3.61. The van der Waals surface area contributed by atoms with Crippen molar-refractivity contribution in [3.8, 4) is 0 Å². The number of amides is 1. The Kier molecular flexibility index (Phi) is 5.37. The van der Waals surface area contributed by atoms with Crippen LogP contribution in [0.5, 0.6) is 0 Å². The summed E-state index contributed by atoms with van der Waals surface area (Å²) in [4.78, 5) is 11.7. The van der Waals surface area contributed by atoms with Crippen LogP contribution in [0.1, 0.15) is 11.1 Å². The zero-order chi connectivity index (χ0) is 15.2. The zero-order valence-electron chi connectivity index (χ0n) is 10.9. The molecule has 0 heterocycles. The van der Waals surface area contributed by atoms with Crippen LogP contribution in [0.2, 0.25) is 10.0 Å². The minimum atomic E-state index is -0.301. The predicted molar refractivity (Wildman–Crippen MR) is 83.7 cm³/mol. The molecule has 1 N–H and O–H groups in total. The van der Waals surface area contributed by atoms with E-state index in [1.54, 1.807) is 36.4 Å². The number of carbonyl (C=O) groups is 1. The smallest absolute Gasteiger partial charge is 0.244 e. The first-order valence-corrected chi connectivity index (χ1v) is 6.95. The van der Waals surface area contributed by atoms with Crippen molar-refractivity contribution in [1.82, 2.24) is 5.32 Å². The maximum atomic E-state index is 12.7. The van der Waals surface area contributed by atoms with E-state index >= 15 is 0 Å². The molecule has 0 aliphatic carbocycles. The van der Waals surface area contributed by atoms with E-state index in [4.69, 9.17) is 23.2 Å². The molecular formula is C16H12Cl2FNO. The Morgan fingerprint density at radius 3 is 2.48 bits per heavy atom. The number of benzene rings is 2. The van der Waals surface area contributed by atoms with E-state index in [9.17, 15) is 9.18 Å². The number of carbonyl (C=O) groups excluding carboxylic acids is 1. The van der Waals surface area contributed by atoms with Gasteiger partial charge in [0.15, 0.2) is 0 Å². The summed E-state index contributed by atoms with van der Waals surface area (Å²) in [7, 11) is 0. The molecule has 0 aromatic heterocycles. The average Bonchev–Trinajstić information content (AvgIpc) is 2.48. The molecule has 1 amide bonds. The average molecular weight is 324 g/mol. The lowest BCUT2D eigenvalue weighted by Gasteiger charge is -2.02. The molecule has 0 spiro atoms. The molecular weight excluding hydrogens is 312 g/mol. The van der Waals surface area contributed by atoms with Gasteiger partial charge < -0.3 is 5.32 Å². The van der Waals surface area contributed by atoms with Crippen LogP contribution in [0.4, 0.5) is 4.39 Å². The van der Waals surface area contributed by atoms with Crippen LogP contribution in [-0.4, -0.2) is 5.91 Å². The molecule has 0 radical (unpaired) electrons. The molecule has 21 heavy (non-hydrogen) atoms. The summed E-state index contributed by atoms with van der Waals surface area (Å²) >= 11 is 11.7. The Morgan fingerprint density at radius 2 is 1.81 bits per heavy atom. The molecule has 2 nitrogen and oxygen atoms in total. The highest BCUT2D eigenvalue weighted by atomic mass is 35.5. The van der Waals surface area contributed by atoms with Crippen molar-refractivity contribution < 1.29 is 9.18 Å². The minimum absolute atomic E-state index is 0.245. The molecule has 2 rings (SSSR count). The van der Waals surface area contributed by atoms with Crippen molar-refractivity contribution in [3.05, 3.63) is 75.5 Å². The largest absolute Gasteiger partial charge is 0.348 e. The summed E-state index contributed by atoms with van der Waals surface area (Å²) in [6.07, 6.45) is 3.05. The van der Waals surface area contributed by atoms with E-state index in [-0.39, 0.29) is 11.7 Å². The third-order valence-corrected chi connectivity index (χ3v) is 3.49. The topological polar surface area (TPSA) is 29.1 Å². The third-order valence-electron chi connectivity index (χ3n) is 2.75. The molecule has 0 saturated heterocycles. The Labute approximate surface area is 132 Å². The molecule has 0 bridgehead atoms. The lowest BCUT2D eigenvalue weighted by atomic mass is 10.2. The number of hydrogen-bond acceptors (Lipinski definition) is 1. The van der Waals surface area contributed by atoms with Gasteiger partial charge in [-0.25, -0.2) is 4.39 Å². The van der Waals surface area contributed by atoms with Gasteiger partial charge in [-0.05, 0) is 41.5 Å². The quantitative estimate of drug-likeness (QED) is 0.827. The summed E-state index contributed by atoms with van der Waals surface area (Å²) in [5.41, 5.74) is 1.61. The second-order valence-electron chi connectivity index (χ2n) is 4.35. The molecule has 2 aromatic carbocycles. The van der Waals surface area contributed by atoms with Crippen molar-refractivity contribution in [3.63, 3.8) is 0 Å². The summed E-state index contributed by atoms with van der Waals surface area (Å²) in [5.74, 6) is -0.546. The summed E-state index contributed by atoms with van der Waals surface area (Å²) in [6, 6.07) is 11.1. The molecule has 0 aliphatic heterocycles. The maximum Gasteiger partial charge on any atom is 0.244 e. The Bertz CT molecular complexity index is 668. The summed E-state index contributed by atoms with van der Waals surface area (Å²) in [6.45, 7) is 0.338. The van der Waals surface area contributed by atoms with E-state index < -0.39 is 0 Å². The molecule has 0 aliphatic rings. The van der Waals surface area contributed by atoms with Crippen molar-refractivity contribution in [2.45, 2.75) is 6.54 Å². The van der Waals surface area contributed by atoms with Crippen LogP contribution in [0.25, 0.3) is 6.08 Å². The molecule has 0 saturated carbocycles. The first-order valence-electron chi connectivity index (χ1n) is 6.20. The van der Waals surface area contributed by atoms with Crippen LogP contribution >= 0.6 is 23.2 Å². The molecule has 0 fully saturated rings. The van der Waals surface area contributed by atoms with E-state index in [2.05, 4.69) is 5.32 Å². The first-order chi connectivity index (χ1) is 10.0. The van der Waals surface area contributed by atoms with Crippen LogP contribution in [0.15, 0.2) is 48.5 Å². The van der Waals surface area contributed by atoms with E-state index in [1.807, 2.05) is 0 Å². The Hall–Kier alpha value is -1.84. The molecule has 5 heteroatoms. The minimum Gasteiger partial charge on any atom is -0.348 e. The van der Waals surface area contributed by atoms with Gasteiger partial charge in [0, 0.05) is 12.6 Å². The number of hydrogen-bond donors (Lipinski definition) is 1. The monoisotopic (exact) mass is 323 g/mol. The molecule has 0 unspecified atom stereocenters. The fourth-order valence-corrected chi connectivity index (χ4v) is 1.94. The summed E-state index contributed by atoms with van der Waals surface area (Å²) < 4.78 is 12.7. The first kappa shape index (κ1) is 15.5. The fraction of sp³-hybridized carbons (Fsp3) is 0.0625. The SMILES string of the molecule is O=C(C=Cc1ccc(Cl)c(Cl)c1)NCc1ccc(F)cc1. The van der Waals surface area contributed by atoms with Gasteiger partial charge in [-0.3, -0.25) is 4.79 Å². The van der Waals surface area contributed by atoms with Crippen LogP contribution in [0, 0.1) is 5.82 Å². The van der Waals surface area contributed by atoms with Gasteiger partial charge in [-0.1, -0.05) is 41.4 Å². The highest BCUT2D eigenvalue weighted by Crippen LogP contribution is 2.23. The van der Waals surface area contributed by atoms with Gasteiger partial charge in [0.2, 0.25) is 5.91 Å². The van der Waals surface area contributed by atoms with E-state index in [0.717, 1.165) is 11.1 Å². The Morgan fingerprint density at radius 1 is 1.10 bits per heavy atom. The lowest BCUT2D eigenvalue weighted by molar-refractivity contribution is -0.116. The van der Waals surface area contributed by atoms with Gasteiger partial charge in [0.25, 0.3) is 0 Å². The van der Waals surface area contributed by atoms with Crippen LogP contribution in [0.3, 0.4) is 0 Å². The van der Waals surface area contributed by atoms with Gasteiger partial charge in [-0.2, -0.15) is 0 Å². The van der Waals surface area contributed by atoms with Crippen LogP contribution in [-0.2, 0) is 11.3 Å². The maximum absolute atomic E-state index is 12.7. The molecule has 0 atom stereocenters. The van der Waals surface area contributed by atoms with Gasteiger partial charge in [0.1, 0.15) is 5.82 Å². The van der Waals surface area contributed by atoms with Crippen molar-refractivity contribution >= 4 is 35.2 Å². The number of nitrogens with one attached hydrogen (secondary N) is 1. The highest BCUT2D eigenvalue weighted by molar-refractivity contribution is 6.42. The number of rotatable bonds is 4. The Balaban J connectivity index is 1.90. The van der Waals surface area contributed by atoms with Gasteiger partial charge >= 0.3 is 0 Å². The fourth-order valence-electron chi connectivity index (χ4n) is 1.64. The van der Waals surface area contributed by atoms with E-state index in [0.29, 0.717) is 16.6 Å². The molecule has 108 valence electrons. The van der Waals surface area contributed by atoms with Crippen molar-refractivity contribution in [2.75, 3.05) is 0 Å². The van der Waals surface area contributed by atoms with Gasteiger partial charge in [-0.15, -0.1) is 0 Å².